The fourth-order valence-electron chi connectivity index (χ4n) is 4.11. The number of rotatable bonds is 8. The molecule has 0 spiro atoms. The van der Waals surface area contributed by atoms with Gasteiger partial charge in [-0.05, 0) is 57.2 Å². The van der Waals surface area contributed by atoms with Gasteiger partial charge in [0.15, 0.2) is 5.96 Å². The first-order chi connectivity index (χ1) is 14.9. The van der Waals surface area contributed by atoms with E-state index in [-0.39, 0.29) is 35.9 Å². The fourth-order valence-corrected chi connectivity index (χ4v) is 4.11. The van der Waals surface area contributed by atoms with Crippen LogP contribution in [0.25, 0.3) is 0 Å². The molecule has 0 radical (unpaired) electrons. The van der Waals surface area contributed by atoms with Crippen molar-refractivity contribution in [2.24, 2.45) is 12.0 Å². The standard InChI is InChI=1S/C24H36N6O.HI/c1-6-25-24(27-17(2)14-22-18(3)28-29(5)19(22)4)26-13-9-12-23(31)30-15-20-10-7-8-11-21(20)16-30;/h7-8,10-11,17H,6,9,12-16H2,1-5H3,(H2,25,26,27);1H. The lowest BCUT2D eigenvalue weighted by molar-refractivity contribution is -0.131. The van der Waals surface area contributed by atoms with E-state index in [0.29, 0.717) is 13.0 Å². The minimum absolute atomic E-state index is 0. The number of carbonyl (C=O) groups is 1. The Morgan fingerprint density at radius 1 is 1.22 bits per heavy atom. The number of hydrogen-bond donors (Lipinski definition) is 2. The van der Waals surface area contributed by atoms with Gasteiger partial charge in [-0.2, -0.15) is 5.10 Å². The number of amides is 1. The Morgan fingerprint density at radius 3 is 2.44 bits per heavy atom. The number of aromatic nitrogens is 2. The summed E-state index contributed by atoms with van der Waals surface area (Å²) >= 11 is 0. The van der Waals surface area contributed by atoms with Crippen molar-refractivity contribution in [2.75, 3.05) is 13.1 Å². The summed E-state index contributed by atoms with van der Waals surface area (Å²) < 4.78 is 1.94. The summed E-state index contributed by atoms with van der Waals surface area (Å²) in [5, 5.41) is 11.3. The van der Waals surface area contributed by atoms with E-state index >= 15 is 0 Å². The van der Waals surface area contributed by atoms with Crippen molar-refractivity contribution in [3.63, 3.8) is 0 Å². The van der Waals surface area contributed by atoms with Crippen molar-refractivity contribution in [3.05, 3.63) is 52.3 Å². The van der Waals surface area contributed by atoms with E-state index in [1.165, 1.54) is 22.4 Å². The largest absolute Gasteiger partial charge is 0.357 e. The molecule has 1 atom stereocenters. The molecule has 176 valence electrons. The summed E-state index contributed by atoms with van der Waals surface area (Å²) in [4.78, 5) is 19.2. The molecule has 32 heavy (non-hydrogen) atoms. The lowest BCUT2D eigenvalue weighted by Gasteiger charge is -2.18. The predicted molar refractivity (Wildman–Crippen MR) is 140 cm³/mol. The molecule has 0 aliphatic carbocycles. The van der Waals surface area contributed by atoms with Crippen LogP contribution in [0.2, 0.25) is 0 Å². The molecular formula is C24H37IN6O. The molecule has 8 heteroatoms. The maximum atomic E-state index is 12.6. The Kier molecular flexibility index (Phi) is 9.99. The summed E-state index contributed by atoms with van der Waals surface area (Å²) in [7, 11) is 1.98. The Balaban J connectivity index is 0.00000363. The SMILES string of the molecule is CCNC(=NCCCC(=O)N1Cc2ccccc2C1)NC(C)Cc1c(C)nn(C)c1C.I. The summed E-state index contributed by atoms with van der Waals surface area (Å²) in [5.74, 6) is 1.01. The third-order valence-corrected chi connectivity index (χ3v) is 5.91. The molecule has 7 nitrogen and oxygen atoms in total. The number of aliphatic imine (C=N–C) groups is 1. The zero-order valence-corrected chi connectivity index (χ0v) is 22.3. The highest BCUT2D eigenvalue weighted by molar-refractivity contribution is 14.0. The van der Waals surface area contributed by atoms with E-state index in [4.69, 9.17) is 0 Å². The van der Waals surface area contributed by atoms with Crippen molar-refractivity contribution >= 4 is 35.8 Å². The van der Waals surface area contributed by atoms with E-state index in [2.05, 4.69) is 60.6 Å². The molecule has 3 rings (SSSR count). The highest BCUT2D eigenvalue weighted by Crippen LogP contribution is 2.23. The molecule has 0 fully saturated rings. The van der Waals surface area contributed by atoms with Crippen LogP contribution in [0.3, 0.4) is 0 Å². The molecule has 0 saturated carbocycles. The van der Waals surface area contributed by atoms with Gasteiger partial charge in [0.2, 0.25) is 5.91 Å². The predicted octanol–water partition coefficient (Wildman–Crippen LogP) is 3.46. The molecule has 2 aromatic rings. The van der Waals surface area contributed by atoms with Gasteiger partial charge in [-0.25, -0.2) is 0 Å². The Morgan fingerprint density at radius 2 is 1.88 bits per heavy atom. The van der Waals surface area contributed by atoms with Crippen LogP contribution in [0, 0.1) is 13.8 Å². The maximum absolute atomic E-state index is 12.6. The second-order valence-corrected chi connectivity index (χ2v) is 8.41. The van der Waals surface area contributed by atoms with Crippen LogP contribution in [0.1, 0.15) is 54.8 Å². The van der Waals surface area contributed by atoms with Crippen molar-refractivity contribution < 1.29 is 4.79 Å². The van der Waals surface area contributed by atoms with Crippen molar-refractivity contribution in [3.8, 4) is 0 Å². The third kappa shape index (κ3) is 6.70. The summed E-state index contributed by atoms with van der Waals surface area (Å²) in [6.45, 7) is 11.3. The van der Waals surface area contributed by atoms with E-state index in [0.717, 1.165) is 44.1 Å². The van der Waals surface area contributed by atoms with Crippen LogP contribution < -0.4 is 10.6 Å². The molecule has 0 saturated heterocycles. The summed E-state index contributed by atoms with van der Waals surface area (Å²) in [6, 6.07) is 8.52. The smallest absolute Gasteiger partial charge is 0.223 e. The highest BCUT2D eigenvalue weighted by Gasteiger charge is 2.22. The van der Waals surface area contributed by atoms with Crippen LogP contribution in [0.5, 0.6) is 0 Å². The average Bonchev–Trinajstić information content (AvgIpc) is 3.27. The van der Waals surface area contributed by atoms with Gasteiger partial charge in [-0.3, -0.25) is 14.5 Å². The van der Waals surface area contributed by atoms with Gasteiger partial charge in [-0.15, -0.1) is 24.0 Å². The number of guanidine groups is 1. The molecule has 1 unspecified atom stereocenters. The number of halogens is 1. The van der Waals surface area contributed by atoms with Gasteiger partial charge in [0.05, 0.1) is 5.69 Å². The molecule has 1 aromatic carbocycles. The normalized spacial score (nSPS) is 14.0. The second kappa shape index (κ2) is 12.2. The van der Waals surface area contributed by atoms with Gasteiger partial charge in [0.25, 0.3) is 0 Å². The average molecular weight is 553 g/mol. The number of benzene rings is 1. The first kappa shape index (κ1) is 26.2. The highest BCUT2D eigenvalue weighted by atomic mass is 127. The fraction of sp³-hybridized carbons (Fsp3) is 0.542. The maximum Gasteiger partial charge on any atom is 0.223 e. The van der Waals surface area contributed by atoms with Gasteiger partial charge in [0, 0.05) is 51.4 Å². The molecular weight excluding hydrogens is 515 g/mol. The number of hydrogen-bond acceptors (Lipinski definition) is 3. The Bertz CT molecular complexity index is 914. The van der Waals surface area contributed by atoms with E-state index in [1.807, 2.05) is 28.8 Å². The number of aryl methyl sites for hydroxylation is 2. The zero-order valence-electron chi connectivity index (χ0n) is 19.9. The van der Waals surface area contributed by atoms with Gasteiger partial charge in [-0.1, -0.05) is 24.3 Å². The molecule has 2 N–H and O–H groups in total. The molecule has 1 aromatic heterocycles. The van der Waals surface area contributed by atoms with Crippen LogP contribution in [-0.2, 0) is 31.4 Å². The molecule has 0 bridgehead atoms. The molecule has 1 aliphatic heterocycles. The number of fused-ring (bicyclic) bond motifs is 1. The molecule has 1 aliphatic rings. The van der Waals surface area contributed by atoms with E-state index < -0.39 is 0 Å². The molecule has 1 amide bonds. The monoisotopic (exact) mass is 552 g/mol. The Labute approximate surface area is 209 Å². The first-order valence-electron chi connectivity index (χ1n) is 11.3. The molecule has 2 heterocycles. The van der Waals surface area contributed by atoms with Gasteiger partial charge >= 0.3 is 0 Å². The quantitative estimate of drug-likeness (QED) is 0.228. The number of carbonyl (C=O) groups excluding carboxylic acids is 1. The second-order valence-electron chi connectivity index (χ2n) is 8.41. The van der Waals surface area contributed by atoms with Crippen molar-refractivity contribution in [2.45, 2.75) is 66.1 Å². The van der Waals surface area contributed by atoms with Crippen molar-refractivity contribution in [1.29, 1.82) is 0 Å². The number of nitrogens with zero attached hydrogens (tertiary/aromatic N) is 4. The van der Waals surface area contributed by atoms with Crippen LogP contribution in [0.15, 0.2) is 29.3 Å². The van der Waals surface area contributed by atoms with E-state index in [9.17, 15) is 4.79 Å². The number of nitrogens with one attached hydrogen (secondary N) is 2. The lowest BCUT2D eigenvalue weighted by atomic mass is 10.1. The van der Waals surface area contributed by atoms with Crippen molar-refractivity contribution in [1.82, 2.24) is 25.3 Å². The lowest BCUT2D eigenvalue weighted by Crippen LogP contribution is -2.43. The summed E-state index contributed by atoms with van der Waals surface area (Å²) in [5.41, 5.74) is 6.10. The van der Waals surface area contributed by atoms with Gasteiger partial charge < -0.3 is 15.5 Å². The van der Waals surface area contributed by atoms with E-state index in [1.54, 1.807) is 0 Å². The van der Waals surface area contributed by atoms with Crippen LogP contribution >= 0.6 is 24.0 Å². The topological polar surface area (TPSA) is 74.6 Å². The minimum atomic E-state index is 0. The van der Waals surface area contributed by atoms with Gasteiger partial charge in [0.1, 0.15) is 0 Å². The van der Waals surface area contributed by atoms with Crippen LogP contribution in [-0.4, -0.2) is 45.7 Å². The Hall–Kier alpha value is -2.10. The zero-order chi connectivity index (χ0) is 22.4. The summed E-state index contributed by atoms with van der Waals surface area (Å²) in [6.07, 6.45) is 2.17. The third-order valence-electron chi connectivity index (χ3n) is 5.91. The minimum Gasteiger partial charge on any atom is -0.357 e. The van der Waals surface area contributed by atoms with Crippen LogP contribution in [0.4, 0.5) is 0 Å². The first-order valence-corrected chi connectivity index (χ1v) is 11.3.